The molecule has 2 aromatic carbocycles. The van der Waals surface area contributed by atoms with Gasteiger partial charge in [-0.05, 0) is 55.3 Å². The van der Waals surface area contributed by atoms with Crippen LogP contribution >= 0.6 is 0 Å². The lowest BCUT2D eigenvalue weighted by molar-refractivity contribution is -0.194. The van der Waals surface area contributed by atoms with Crippen LogP contribution in [0.4, 0.5) is 0 Å². The monoisotopic (exact) mass is 538 g/mol. The molecule has 2 aromatic rings. The maximum Gasteiger partial charge on any atom is 0.218 e. The number of piperidine rings is 1. The number of nitrogens with zero attached hydrogens (tertiary/aromatic N) is 2. The number of benzene rings is 2. The lowest BCUT2D eigenvalue weighted by Crippen LogP contribution is -2.78. The van der Waals surface area contributed by atoms with Gasteiger partial charge in [-0.3, -0.25) is 4.90 Å². The fourth-order valence-electron chi connectivity index (χ4n) is 7.97. The molecule has 38 heavy (non-hydrogen) atoms. The molecule has 4 aliphatic rings. The third-order valence-corrected chi connectivity index (χ3v) is 11.2. The highest BCUT2D eigenvalue weighted by molar-refractivity contribution is 7.88. The number of likely N-dealkylation sites (tertiary alicyclic amines) is 1. The van der Waals surface area contributed by atoms with Gasteiger partial charge in [0.1, 0.15) is 6.10 Å². The lowest BCUT2D eigenvalue weighted by Gasteiger charge is -2.64. The molecule has 0 radical (unpaired) electrons. The average Bonchev–Trinajstić information content (AvgIpc) is 3.22. The van der Waals surface area contributed by atoms with E-state index in [2.05, 4.69) is 11.5 Å². The first-order valence-electron chi connectivity index (χ1n) is 13.7. The van der Waals surface area contributed by atoms with Crippen LogP contribution in [0.25, 0.3) is 0 Å². The quantitative estimate of drug-likeness (QED) is 0.500. The Morgan fingerprint density at radius 1 is 1.21 bits per heavy atom. The predicted molar refractivity (Wildman–Crippen MR) is 147 cm³/mol. The van der Waals surface area contributed by atoms with Gasteiger partial charge in [-0.2, -0.15) is 4.31 Å². The summed E-state index contributed by atoms with van der Waals surface area (Å²) in [4.78, 5) is 2.31. The molecule has 5 atom stereocenters. The molecule has 1 saturated carbocycles. The molecule has 2 aliphatic heterocycles. The SMILES string of the molecule is C=CCN1CC[C@]23c4c5ccc(O)c4OC2C(N(CC(C)C)S(=O)(=O)Cc2ccccc2)CC[C@@]3(O)[C@H]1C5. The minimum atomic E-state index is -3.70. The molecular weight excluding hydrogens is 500 g/mol. The molecule has 2 N–H and O–H groups in total. The summed E-state index contributed by atoms with van der Waals surface area (Å²) in [6, 6.07) is 12.3. The summed E-state index contributed by atoms with van der Waals surface area (Å²) < 4.78 is 36.4. The highest BCUT2D eigenvalue weighted by atomic mass is 32.2. The molecule has 0 aromatic heterocycles. The van der Waals surface area contributed by atoms with E-state index in [4.69, 9.17) is 4.74 Å². The Bertz CT molecular complexity index is 1350. The Labute approximate surface area is 225 Å². The molecule has 1 saturated heterocycles. The second kappa shape index (κ2) is 9.08. The van der Waals surface area contributed by atoms with E-state index in [-0.39, 0.29) is 23.5 Å². The fourth-order valence-corrected chi connectivity index (χ4v) is 9.90. The van der Waals surface area contributed by atoms with Gasteiger partial charge in [-0.15, -0.1) is 6.58 Å². The van der Waals surface area contributed by atoms with E-state index in [1.54, 1.807) is 10.4 Å². The third-order valence-electron chi connectivity index (χ3n) is 9.37. The van der Waals surface area contributed by atoms with E-state index >= 15 is 0 Å². The number of aliphatic hydroxyl groups is 1. The first kappa shape index (κ1) is 25.9. The molecule has 6 rings (SSSR count). The summed E-state index contributed by atoms with van der Waals surface area (Å²) in [5.41, 5.74) is 0.852. The normalized spacial score (nSPS) is 31.8. The van der Waals surface area contributed by atoms with E-state index in [1.165, 1.54) is 0 Å². The van der Waals surface area contributed by atoms with Crippen molar-refractivity contribution in [3.63, 3.8) is 0 Å². The van der Waals surface area contributed by atoms with E-state index in [0.29, 0.717) is 44.5 Å². The van der Waals surface area contributed by atoms with Crippen molar-refractivity contribution < 1.29 is 23.4 Å². The molecule has 7 nitrogen and oxygen atoms in total. The van der Waals surface area contributed by atoms with E-state index in [1.807, 2.05) is 56.3 Å². The predicted octanol–water partition coefficient (Wildman–Crippen LogP) is 3.59. The standard InChI is InChI=1S/C30H38N2O5S/c1-4-15-31-16-14-29-26-22-10-11-24(33)27(26)37-28(29)23(12-13-30(29,34)25(31)17-22)32(18-20(2)3)38(35,36)19-21-8-6-5-7-9-21/h4-11,20,23,25,28,33-34H,1,12-19H2,2-3H3/t23?,25-,28?,29+,30-/m1/s1. The summed E-state index contributed by atoms with van der Waals surface area (Å²) in [5, 5.41) is 23.5. The van der Waals surface area contributed by atoms with Crippen LogP contribution in [0, 0.1) is 5.92 Å². The first-order chi connectivity index (χ1) is 18.1. The zero-order valence-corrected chi connectivity index (χ0v) is 23.0. The number of sulfonamides is 1. The smallest absolute Gasteiger partial charge is 0.218 e. The van der Waals surface area contributed by atoms with Crippen molar-refractivity contribution >= 4 is 10.0 Å². The van der Waals surface area contributed by atoms with Gasteiger partial charge in [0, 0.05) is 24.7 Å². The summed E-state index contributed by atoms with van der Waals surface area (Å²) in [5.74, 6) is 0.516. The zero-order chi connectivity index (χ0) is 26.9. The largest absolute Gasteiger partial charge is 0.504 e. The van der Waals surface area contributed by atoms with Crippen molar-refractivity contribution in [1.82, 2.24) is 9.21 Å². The van der Waals surface area contributed by atoms with Gasteiger partial charge in [0.05, 0.1) is 22.8 Å². The van der Waals surface area contributed by atoms with Crippen molar-refractivity contribution in [3.8, 4) is 11.5 Å². The lowest BCUT2D eigenvalue weighted by atomic mass is 9.48. The molecule has 2 unspecified atom stereocenters. The number of ether oxygens (including phenoxy) is 1. The van der Waals surface area contributed by atoms with Gasteiger partial charge in [-0.25, -0.2) is 8.42 Å². The number of phenols is 1. The first-order valence-corrected chi connectivity index (χ1v) is 15.4. The van der Waals surface area contributed by atoms with Crippen LogP contribution in [0.3, 0.4) is 0 Å². The third kappa shape index (κ3) is 3.60. The van der Waals surface area contributed by atoms with Crippen molar-refractivity contribution in [2.75, 3.05) is 19.6 Å². The minimum Gasteiger partial charge on any atom is -0.504 e. The van der Waals surface area contributed by atoms with E-state index in [9.17, 15) is 18.6 Å². The van der Waals surface area contributed by atoms with Gasteiger partial charge >= 0.3 is 0 Å². The van der Waals surface area contributed by atoms with E-state index in [0.717, 1.165) is 23.2 Å². The van der Waals surface area contributed by atoms with Gasteiger partial charge in [0.15, 0.2) is 11.5 Å². The highest BCUT2D eigenvalue weighted by Crippen LogP contribution is 2.66. The molecule has 2 heterocycles. The van der Waals surface area contributed by atoms with Crippen LogP contribution in [0.5, 0.6) is 11.5 Å². The Morgan fingerprint density at radius 3 is 2.68 bits per heavy atom. The molecular formula is C30H38N2O5S. The van der Waals surface area contributed by atoms with Gasteiger partial charge in [-0.1, -0.05) is 56.3 Å². The summed E-state index contributed by atoms with van der Waals surface area (Å²) in [7, 11) is -3.70. The van der Waals surface area contributed by atoms with Gasteiger partial charge in [0.2, 0.25) is 10.0 Å². The Hall–Kier alpha value is -2.39. The highest BCUT2D eigenvalue weighted by Gasteiger charge is 2.73. The van der Waals surface area contributed by atoms with Gasteiger partial charge in [0.25, 0.3) is 0 Å². The molecule has 2 bridgehead atoms. The molecule has 2 aliphatic carbocycles. The summed E-state index contributed by atoms with van der Waals surface area (Å²) >= 11 is 0. The molecule has 204 valence electrons. The number of aromatic hydroxyl groups is 1. The fraction of sp³-hybridized carbons (Fsp3) is 0.533. The maximum atomic E-state index is 14.1. The van der Waals surface area contributed by atoms with Gasteiger partial charge < -0.3 is 14.9 Å². The molecule has 1 spiro atoms. The molecule has 8 heteroatoms. The maximum absolute atomic E-state index is 14.1. The van der Waals surface area contributed by atoms with Crippen molar-refractivity contribution in [3.05, 3.63) is 71.8 Å². The van der Waals surface area contributed by atoms with Crippen LogP contribution in [-0.4, -0.2) is 71.3 Å². The summed E-state index contributed by atoms with van der Waals surface area (Å²) in [6.07, 6.45) is 3.56. The van der Waals surface area contributed by atoms with Crippen molar-refractivity contribution in [2.24, 2.45) is 5.92 Å². The Balaban J connectivity index is 1.47. The van der Waals surface area contributed by atoms with Crippen LogP contribution in [0.15, 0.2) is 55.1 Å². The number of rotatable bonds is 8. The molecule has 2 fully saturated rings. The topological polar surface area (TPSA) is 90.3 Å². The number of phenolic OH excluding ortho intramolecular Hbond substituents is 1. The van der Waals surface area contributed by atoms with Crippen LogP contribution in [0.2, 0.25) is 0 Å². The Morgan fingerprint density at radius 2 is 1.97 bits per heavy atom. The minimum absolute atomic E-state index is 0.0585. The van der Waals surface area contributed by atoms with Crippen molar-refractivity contribution in [2.45, 2.75) is 74.5 Å². The second-order valence-corrected chi connectivity index (χ2v) is 13.9. The van der Waals surface area contributed by atoms with Crippen molar-refractivity contribution in [1.29, 1.82) is 0 Å². The second-order valence-electron chi connectivity index (χ2n) is 11.9. The van der Waals surface area contributed by atoms with Crippen LogP contribution in [0.1, 0.15) is 49.8 Å². The van der Waals surface area contributed by atoms with Crippen LogP contribution in [-0.2, 0) is 27.6 Å². The zero-order valence-electron chi connectivity index (χ0n) is 22.2. The average molecular weight is 539 g/mol. The number of hydrogen-bond donors (Lipinski definition) is 2. The summed E-state index contributed by atoms with van der Waals surface area (Å²) in [6.45, 7) is 9.80. The number of hydrogen-bond acceptors (Lipinski definition) is 6. The van der Waals surface area contributed by atoms with E-state index < -0.39 is 33.2 Å². The van der Waals surface area contributed by atoms with Crippen LogP contribution < -0.4 is 4.74 Å². The molecule has 0 amide bonds. The Kier molecular flexibility index (Phi) is 6.18.